The van der Waals surface area contributed by atoms with Crippen molar-refractivity contribution in [3.63, 3.8) is 0 Å². The van der Waals surface area contributed by atoms with Crippen molar-refractivity contribution in [3.05, 3.63) is 62.8 Å². The monoisotopic (exact) mass is 438 g/mol. The Kier molecular flexibility index (Phi) is 6.69. The third-order valence-corrected chi connectivity index (χ3v) is 6.32. The van der Waals surface area contributed by atoms with Gasteiger partial charge in [0.05, 0.1) is 30.3 Å². The SMILES string of the molecule is COCC(=O)N1CCc2nc(C3CCCCN3C(=O)Cc3ccc(C)cc3)[nH]c(=O)c2C1. The van der Waals surface area contributed by atoms with Crippen LogP contribution in [0.2, 0.25) is 0 Å². The van der Waals surface area contributed by atoms with E-state index in [1.807, 2.05) is 36.1 Å². The van der Waals surface area contributed by atoms with E-state index in [1.54, 1.807) is 4.90 Å². The minimum atomic E-state index is -0.229. The van der Waals surface area contributed by atoms with E-state index in [4.69, 9.17) is 9.72 Å². The fraction of sp³-hybridized carbons (Fsp3) is 0.500. The number of aromatic amines is 1. The lowest BCUT2D eigenvalue weighted by atomic mass is 9.99. The zero-order valence-electron chi connectivity index (χ0n) is 18.7. The number of likely N-dealkylation sites (tertiary alicyclic amines) is 1. The lowest BCUT2D eigenvalue weighted by Crippen LogP contribution is -2.43. The largest absolute Gasteiger partial charge is 0.375 e. The van der Waals surface area contributed by atoms with Crippen molar-refractivity contribution in [3.8, 4) is 0 Å². The van der Waals surface area contributed by atoms with Gasteiger partial charge in [0.1, 0.15) is 12.4 Å². The van der Waals surface area contributed by atoms with Crippen LogP contribution in [0.3, 0.4) is 0 Å². The summed E-state index contributed by atoms with van der Waals surface area (Å²) < 4.78 is 4.93. The lowest BCUT2D eigenvalue weighted by Gasteiger charge is -2.36. The molecule has 3 heterocycles. The summed E-state index contributed by atoms with van der Waals surface area (Å²) in [6.45, 7) is 3.43. The maximum atomic E-state index is 13.1. The zero-order chi connectivity index (χ0) is 22.7. The van der Waals surface area contributed by atoms with Gasteiger partial charge in [0, 0.05) is 26.6 Å². The minimum absolute atomic E-state index is 0.00111. The normalized spacial score (nSPS) is 18.4. The van der Waals surface area contributed by atoms with Crippen LogP contribution in [-0.2, 0) is 33.7 Å². The highest BCUT2D eigenvalue weighted by Crippen LogP contribution is 2.30. The quantitative estimate of drug-likeness (QED) is 0.769. The highest BCUT2D eigenvalue weighted by molar-refractivity contribution is 5.79. The zero-order valence-corrected chi connectivity index (χ0v) is 18.7. The van der Waals surface area contributed by atoms with Gasteiger partial charge in [-0.2, -0.15) is 0 Å². The van der Waals surface area contributed by atoms with E-state index in [9.17, 15) is 14.4 Å². The van der Waals surface area contributed by atoms with Crippen molar-refractivity contribution in [2.24, 2.45) is 0 Å². The van der Waals surface area contributed by atoms with Gasteiger partial charge in [-0.3, -0.25) is 14.4 Å². The molecule has 2 amide bonds. The van der Waals surface area contributed by atoms with Gasteiger partial charge >= 0.3 is 0 Å². The molecule has 2 aromatic rings. The number of hydrogen-bond donors (Lipinski definition) is 1. The summed E-state index contributed by atoms with van der Waals surface area (Å²) in [6.07, 6.45) is 3.56. The molecule has 0 spiro atoms. The van der Waals surface area contributed by atoms with Gasteiger partial charge in [-0.25, -0.2) is 4.98 Å². The van der Waals surface area contributed by atoms with Gasteiger partial charge in [0.2, 0.25) is 11.8 Å². The van der Waals surface area contributed by atoms with E-state index in [1.165, 1.54) is 7.11 Å². The summed E-state index contributed by atoms with van der Waals surface area (Å²) in [5, 5.41) is 0. The van der Waals surface area contributed by atoms with Crippen molar-refractivity contribution in [2.75, 3.05) is 26.8 Å². The maximum absolute atomic E-state index is 13.1. The summed E-state index contributed by atoms with van der Waals surface area (Å²) in [5.74, 6) is 0.472. The fourth-order valence-electron chi connectivity index (χ4n) is 4.53. The van der Waals surface area contributed by atoms with E-state index < -0.39 is 0 Å². The average Bonchev–Trinajstić information content (AvgIpc) is 2.80. The molecule has 1 unspecified atom stereocenters. The van der Waals surface area contributed by atoms with Gasteiger partial charge in [0.15, 0.2) is 0 Å². The molecule has 0 radical (unpaired) electrons. The smallest absolute Gasteiger partial charge is 0.256 e. The molecule has 1 fully saturated rings. The molecular weight excluding hydrogens is 408 g/mol. The number of carbonyl (C=O) groups excluding carboxylic acids is 2. The molecule has 8 nitrogen and oxygen atoms in total. The molecule has 2 aliphatic heterocycles. The number of rotatable bonds is 5. The first-order valence-corrected chi connectivity index (χ1v) is 11.2. The third-order valence-electron chi connectivity index (χ3n) is 6.32. The fourth-order valence-corrected chi connectivity index (χ4v) is 4.53. The van der Waals surface area contributed by atoms with E-state index >= 15 is 0 Å². The molecule has 32 heavy (non-hydrogen) atoms. The van der Waals surface area contributed by atoms with Crippen LogP contribution in [0.4, 0.5) is 0 Å². The third kappa shape index (κ3) is 4.75. The summed E-state index contributed by atoms with van der Waals surface area (Å²) >= 11 is 0. The predicted octanol–water partition coefficient (Wildman–Crippen LogP) is 1.91. The molecule has 0 saturated carbocycles. The van der Waals surface area contributed by atoms with Gasteiger partial charge in [-0.15, -0.1) is 0 Å². The Morgan fingerprint density at radius 1 is 1.16 bits per heavy atom. The molecule has 1 aromatic heterocycles. The second kappa shape index (κ2) is 9.65. The van der Waals surface area contributed by atoms with Crippen LogP contribution < -0.4 is 5.56 Å². The van der Waals surface area contributed by atoms with Crippen LogP contribution in [0.25, 0.3) is 0 Å². The van der Waals surface area contributed by atoms with Crippen molar-refractivity contribution in [2.45, 2.75) is 51.6 Å². The molecule has 1 N–H and O–H groups in total. The molecular formula is C24H30N4O4. The first-order valence-electron chi connectivity index (χ1n) is 11.2. The molecule has 1 atom stereocenters. The highest BCUT2D eigenvalue weighted by Gasteiger charge is 2.32. The second-order valence-corrected chi connectivity index (χ2v) is 8.64. The summed E-state index contributed by atoms with van der Waals surface area (Å²) in [5.41, 5.74) is 3.17. The molecule has 0 bridgehead atoms. The topological polar surface area (TPSA) is 95.6 Å². The van der Waals surface area contributed by atoms with Crippen LogP contribution in [0.15, 0.2) is 29.1 Å². The standard InChI is InChI=1S/C24H30N4O4/c1-16-6-8-17(9-7-16)13-21(29)28-11-4-3-5-20(28)23-25-19-10-12-27(22(30)15-32-2)14-18(19)24(31)26-23/h6-9,20H,3-5,10-15H2,1-2H3,(H,25,26,31). The Morgan fingerprint density at radius 2 is 1.94 bits per heavy atom. The number of piperidine rings is 1. The number of ether oxygens (including phenoxy) is 1. The molecule has 170 valence electrons. The van der Waals surface area contributed by atoms with Crippen molar-refractivity contribution in [1.29, 1.82) is 0 Å². The summed E-state index contributed by atoms with van der Waals surface area (Å²) in [6, 6.07) is 7.77. The van der Waals surface area contributed by atoms with E-state index in [0.717, 1.165) is 36.1 Å². The Bertz CT molecular complexity index is 1050. The predicted molar refractivity (Wildman–Crippen MR) is 119 cm³/mol. The first kappa shape index (κ1) is 22.2. The van der Waals surface area contributed by atoms with Gasteiger partial charge < -0.3 is 19.5 Å². The number of amides is 2. The maximum Gasteiger partial charge on any atom is 0.256 e. The Morgan fingerprint density at radius 3 is 2.69 bits per heavy atom. The number of nitrogens with zero attached hydrogens (tertiary/aromatic N) is 3. The van der Waals surface area contributed by atoms with E-state index in [-0.39, 0.29) is 36.6 Å². The van der Waals surface area contributed by atoms with Crippen molar-refractivity contribution >= 4 is 11.8 Å². The van der Waals surface area contributed by atoms with Crippen LogP contribution in [0.5, 0.6) is 0 Å². The second-order valence-electron chi connectivity index (χ2n) is 8.64. The number of H-pyrrole nitrogens is 1. The number of nitrogens with one attached hydrogen (secondary N) is 1. The van der Waals surface area contributed by atoms with Crippen molar-refractivity contribution in [1.82, 2.24) is 19.8 Å². The molecule has 0 aliphatic carbocycles. The first-order chi connectivity index (χ1) is 15.5. The number of hydrogen-bond acceptors (Lipinski definition) is 5. The number of benzene rings is 1. The molecule has 2 aliphatic rings. The Labute approximate surface area is 187 Å². The number of carbonyl (C=O) groups is 2. The van der Waals surface area contributed by atoms with Gasteiger partial charge in [0.25, 0.3) is 5.56 Å². The minimum Gasteiger partial charge on any atom is -0.375 e. The van der Waals surface area contributed by atoms with E-state index in [0.29, 0.717) is 37.3 Å². The molecule has 8 heteroatoms. The number of aryl methyl sites for hydroxylation is 1. The Hall–Kier alpha value is -3.00. The average molecular weight is 439 g/mol. The number of aromatic nitrogens is 2. The van der Waals surface area contributed by atoms with Crippen LogP contribution >= 0.6 is 0 Å². The van der Waals surface area contributed by atoms with Crippen LogP contribution in [0, 0.1) is 6.92 Å². The summed E-state index contributed by atoms with van der Waals surface area (Å²) in [7, 11) is 1.48. The van der Waals surface area contributed by atoms with Crippen LogP contribution in [0.1, 0.15) is 53.5 Å². The number of fused-ring (bicyclic) bond motifs is 1. The molecule has 1 saturated heterocycles. The molecule has 1 aromatic carbocycles. The lowest BCUT2D eigenvalue weighted by molar-refractivity contribution is -0.136. The van der Waals surface area contributed by atoms with Crippen LogP contribution in [-0.4, -0.2) is 58.4 Å². The summed E-state index contributed by atoms with van der Waals surface area (Å²) in [4.78, 5) is 49.4. The highest BCUT2D eigenvalue weighted by atomic mass is 16.5. The number of methoxy groups -OCH3 is 1. The molecule has 4 rings (SSSR count). The van der Waals surface area contributed by atoms with Gasteiger partial charge in [-0.1, -0.05) is 29.8 Å². The van der Waals surface area contributed by atoms with Crippen molar-refractivity contribution < 1.29 is 14.3 Å². The Balaban J connectivity index is 1.54. The van der Waals surface area contributed by atoms with E-state index in [2.05, 4.69) is 4.98 Å². The van der Waals surface area contributed by atoms with Gasteiger partial charge in [-0.05, 0) is 31.7 Å².